The quantitative estimate of drug-likeness (QED) is 0.643. The lowest BCUT2D eigenvalue weighted by molar-refractivity contribution is -0.402. The molecule has 0 bridgehead atoms. The average Bonchev–Trinajstić information content (AvgIpc) is 2.16. The van der Waals surface area contributed by atoms with Crippen molar-refractivity contribution in [2.45, 2.75) is 6.18 Å². The molecule has 0 amide bonds. The molecule has 0 aliphatic carbocycles. The molecule has 1 aromatic rings. The minimum Gasteiger partial charge on any atom is -0.356 e. The lowest BCUT2D eigenvalue weighted by atomic mass is 10.2. The number of hydrogen-bond donors (Lipinski definition) is 1. The molecule has 0 fully saturated rings. The van der Waals surface area contributed by atoms with Crippen molar-refractivity contribution >= 4 is 5.69 Å². The second kappa shape index (κ2) is 4.65. The third-order valence-electron chi connectivity index (χ3n) is 1.66. The second-order valence-corrected chi connectivity index (χ2v) is 2.82. The number of halogens is 3. The summed E-state index contributed by atoms with van der Waals surface area (Å²) in [5, 5.41) is 12.4. The molecule has 0 heterocycles. The maximum atomic E-state index is 12.2. The molecule has 1 aromatic carbocycles. The molecule has 1 rings (SSSR count). The summed E-state index contributed by atoms with van der Waals surface area (Å²) in [6.07, 6.45) is -2.70. The first-order valence-corrected chi connectivity index (χ1v) is 4.13. The van der Waals surface area contributed by atoms with Gasteiger partial charge in [0.2, 0.25) is 6.20 Å². The van der Waals surface area contributed by atoms with E-state index in [4.69, 9.17) is 0 Å². The summed E-state index contributed by atoms with van der Waals surface area (Å²) >= 11 is 0. The van der Waals surface area contributed by atoms with Gasteiger partial charge in [-0.2, -0.15) is 13.2 Å². The van der Waals surface area contributed by atoms with E-state index in [1.54, 1.807) is 0 Å². The fourth-order valence-electron chi connectivity index (χ4n) is 0.950. The van der Waals surface area contributed by atoms with E-state index in [0.717, 1.165) is 18.3 Å². The van der Waals surface area contributed by atoms with Crippen LogP contribution in [0, 0.1) is 10.1 Å². The number of alkyl halides is 3. The van der Waals surface area contributed by atoms with Crippen molar-refractivity contribution in [3.8, 4) is 0 Å². The van der Waals surface area contributed by atoms with Gasteiger partial charge in [-0.25, -0.2) is 0 Å². The number of benzene rings is 1. The lowest BCUT2D eigenvalue weighted by Gasteiger charge is -2.06. The molecule has 0 spiro atoms. The average molecular weight is 232 g/mol. The normalized spacial score (nSPS) is 11.7. The maximum Gasteiger partial charge on any atom is 0.416 e. The zero-order valence-electron chi connectivity index (χ0n) is 7.86. The van der Waals surface area contributed by atoms with Crippen LogP contribution in [-0.2, 0) is 6.18 Å². The molecule has 16 heavy (non-hydrogen) atoms. The number of nitrogens with one attached hydrogen (secondary N) is 1. The zero-order chi connectivity index (χ0) is 12.2. The fourth-order valence-corrected chi connectivity index (χ4v) is 0.950. The van der Waals surface area contributed by atoms with Crippen LogP contribution in [0.4, 0.5) is 18.9 Å². The number of rotatable bonds is 3. The Balaban J connectivity index is 2.69. The smallest absolute Gasteiger partial charge is 0.356 e. The molecule has 0 aromatic heterocycles. The van der Waals surface area contributed by atoms with Crippen LogP contribution in [0.5, 0.6) is 0 Å². The molecule has 0 unspecified atom stereocenters. The summed E-state index contributed by atoms with van der Waals surface area (Å²) < 4.78 is 36.5. The Morgan fingerprint density at radius 2 is 1.81 bits per heavy atom. The van der Waals surface area contributed by atoms with Crippen LogP contribution in [0.2, 0.25) is 0 Å². The van der Waals surface area contributed by atoms with Gasteiger partial charge >= 0.3 is 6.18 Å². The van der Waals surface area contributed by atoms with E-state index < -0.39 is 16.7 Å². The molecule has 7 heteroatoms. The number of nitrogens with zero attached hydrogens (tertiary/aromatic N) is 1. The highest BCUT2D eigenvalue weighted by Gasteiger charge is 2.29. The van der Waals surface area contributed by atoms with Crippen molar-refractivity contribution < 1.29 is 18.1 Å². The van der Waals surface area contributed by atoms with Gasteiger partial charge in [-0.1, -0.05) is 0 Å². The summed E-state index contributed by atoms with van der Waals surface area (Å²) in [5.41, 5.74) is -0.428. The summed E-state index contributed by atoms with van der Waals surface area (Å²) in [7, 11) is 0. The highest BCUT2D eigenvalue weighted by Crippen LogP contribution is 2.29. The minimum absolute atomic E-state index is 0.339. The minimum atomic E-state index is -4.38. The Bertz CT molecular complexity index is 398. The van der Waals surface area contributed by atoms with Crippen molar-refractivity contribution in [2.75, 3.05) is 5.32 Å². The predicted octanol–water partition coefficient (Wildman–Crippen LogP) is 2.87. The first kappa shape index (κ1) is 12.0. The standard InChI is InChI=1S/C9H7F3N2O2/c10-9(11,12)7-1-3-8(4-2-7)13-5-6-14(15)16/h1-6,13H/b6-5+. The SMILES string of the molecule is O=[N+]([O-])/C=C/Nc1ccc(C(F)(F)F)cc1. The monoisotopic (exact) mass is 232 g/mol. The van der Waals surface area contributed by atoms with Crippen LogP contribution in [0.25, 0.3) is 0 Å². The highest BCUT2D eigenvalue weighted by atomic mass is 19.4. The third-order valence-corrected chi connectivity index (χ3v) is 1.66. The van der Waals surface area contributed by atoms with E-state index in [1.165, 1.54) is 12.1 Å². The van der Waals surface area contributed by atoms with Crippen molar-refractivity contribution in [3.63, 3.8) is 0 Å². The number of nitro groups is 1. The molecule has 4 nitrogen and oxygen atoms in total. The van der Waals surface area contributed by atoms with Crippen LogP contribution in [-0.4, -0.2) is 4.92 Å². The van der Waals surface area contributed by atoms with Crippen LogP contribution in [0.15, 0.2) is 36.7 Å². The van der Waals surface area contributed by atoms with Crippen molar-refractivity contribution in [1.29, 1.82) is 0 Å². The van der Waals surface area contributed by atoms with Crippen molar-refractivity contribution in [1.82, 2.24) is 0 Å². The maximum absolute atomic E-state index is 12.2. The van der Waals surface area contributed by atoms with Crippen LogP contribution >= 0.6 is 0 Å². The summed E-state index contributed by atoms with van der Waals surface area (Å²) in [4.78, 5) is 9.22. The molecule has 0 saturated heterocycles. The van der Waals surface area contributed by atoms with Crippen molar-refractivity contribution in [2.24, 2.45) is 0 Å². The third kappa shape index (κ3) is 3.60. The molecular weight excluding hydrogens is 225 g/mol. The van der Waals surface area contributed by atoms with Crippen LogP contribution in [0.1, 0.15) is 5.56 Å². The number of anilines is 1. The van der Waals surface area contributed by atoms with Gasteiger partial charge < -0.3 is 5.32 Å². The molecule has 0 aliphatic rings. The molecule has 1 N–H and O–H groups in total. The van der Waals surface area contributed by atoms with E-state index in [1.807, 2.05) is 0 Å². The van der Waals surface area contributed by atoms with Gasteiger partial charge in [-0.3, -0.25) is 10.1 Å². The molecule has 0 saturated carbocycles. The van der Waals surface area contributed by atoms with Crippen molar-refractivity contribution in [3.05, 3.63) is 52.3 Å². The van der Waals surface area contributed by atoms with Gasteiger partial charge in [0.25, 0.3) is 0 Å². The molecule has 0 radical (unpaired) electrons. The number of hydrogen-bond acceptors (Lipinski definition) is 3. The van der Waals surface area contributed by atoms with E-state index in [9.17, 15) is 23.3 Å². The molecule has 0 atom stereocenters. The highest BCUT2D eigenvalue weighted by molar-refractivity contribution is 5.46. The van der Waals surface area contributed by atoms with Gasteiger partial charge in [-0.15, -0.1) is 0 Å². The van der Waals surface area contributed by atoms with E-state index >= 15 is 0 Å². The Labute approximate surface area is 88.5 Å². The van der Waals surface area contributed by atoms with Crippen LogP contribution < -0.4 is 5.32 Å². The summed E-state index contributed by atoms with van der Waals surface area (Å²) in [6, 6.07) is 4.16. The van der Waals surface area contributed by atoms with Gasteiger partial charge in [0.05, 0.1) is 16.7 Å². The Hall–Kier alpha value is -2.05. The van der Waals surface area contributed by atoms with E-state index in [-0.39, 0.29) is 0 Å². The fraction of sp³-hybridized carbons (Fsp3) is 0.111. The van der Waals surface area contributed by atoms with Crippen LogP contribution in [0.3, 0.4) is 0 Å². The zero-order valence-corrected chi connectivity index (χ0v) is 7.86. The largest absolute Gasteiger partial charge is 0.416 e. The summed E-state index contributed by atoms with van der Waals surface area (Å²) in [5.74, 6) is 0. The van der Waals surface area contributed by atoms with Gasteiger partial charge in [-0.05, 0) is 24.3 Å². The second-order valence-electron chi connectivity index (χ2n) is 2.82. The van der Waals surface area contributed by atoms with E-state index in [0.29, 0.717) is 11.9 Å². The van der Waals surface area contributed by atoms with Gasteiger partial charge in [0, 0.05) is 5.69 Å². The van der Waals surface area contributed by atoms with Gasteiger partial charge in [0.1, 0.15) is 0 Å². The first-order chi connectivity index (χ1) is 7.39. The van der Waals surface area contributed by atoms with Gasteiger partial charge in [0.15, 0.2) is 0 Å². The Morgan fingerprint density at radius 1 is 1.25 bits per heavy atom. The first-order valence-electron chi connectivity index (χ1n) is 4.13. The Morgan fingerprint density at radius 3 is 2.25 bits per heavy atom. The molecule has 86 valence electrons. The topological polar surface area (TPSA) is 55.2 Å². The lowest BCUT2D eigenvalue weighted by Crippen LogP contribution is -2.04. The molecule has 0 aliphatic heterocycles. The van der Waals surface area contributed by atoms with E-state index in [2.05, 4.69) is 5.32 Å². The summed E-state index contributed by atoms with van der Waals surface area (Å²) in [6.45, 7) is 0. The predicted molar refractivity (Wildman–Crippen MR) is 51.2 cm³/mol. The molecular formula is C9H7F3N2O2. The Kier molecular flexibility index (Phi) is 3.49.